The minimum Gasteiger partial charge on any atom is -0.460 e. The SMILES string of the molecule is CN(C)c1ncc(OC2c3c(nc4scnn34)C=CN2CC=O)c(Cl)n1. The number of carbonyl (C=O) groups excluding carboxylic acids is 1. The van der Waals surface area contributed by atoms with Gasteiger partial charge in [0, 0.05) is 20.3 Å². The monoisotopic (exact) mass is 391 g/mol. The lowest BCUT2D eigenvalue weighted by atomic mass is 10.2. The van der Waals surface area contributed by atoms with E-state index >= 15 is 0 Å². The molecule has 0 radical (unpaired) electrons. The molecule has 0 aliphatic carbocycles. The van der Waals surface area contributed by atoms with Gasteiger partial charge in [0.15, 0.2) is 10.9 Å². The van der Waals surface area contributed by atoms with Crippen molar-refractivity contribution < 1.29 is 9.53 Å². The minimum atomic E-state index is -0.636. The maximum atomic E-state index is 11.1. The summed E-state index contributed by atoms with van der Waals surface area (Å²) in [6, 6.07) is 0. The summed E-state index contributed by atoms with van der Waals surface area (Å²) < 4.78 is 7.80. The van der Waals surface area contributed by atoms with Crippen molar-refractivity contribution in [3.63, 3.8) is 0 Å². The Labute approximate surface area is 157 Å². The van der Waals surface area contributed by atoms with Gasteiger partial charge in [-0.05, 0) is 6.08 Å². The third-order valence-electron chi connectivity index (χ3n) is 3.79. The van der Waals surface area contributed by atoms with Crippen LogP contribution < -0.4 is 9.64 Å². The van der Waals surface area contributed by atoms with Crippen molar-refractivity contribution in [1.29, 1.82) is 0 Å². The number of carbonyl (C=O) groups is 1. The molecule has 1 atom stereocenters. The summed E-state index contributed by atoms with van der Waals surface area (Å²) in [5, 5.41) is 4.50. The summed E-state index contributed by atoms with van der Waals surface area (Å²) in [6.45, 7) is 0.145. The Kier molecular flexibility index (Phi) is 4.21. The van der Waals surface area contributed by atoms with Gasteiger partial charge in [0.25, 0.3) is 0 Å². The second-order valence-corrected chi connectivity index (χ2v) is 6.85. The van der Waals surface area contributed by atoms with Crippen LogP contribution >= 0.6 is 22.9 Å². The summed E-state index contributed by atoms with van der Waals surface area (Å²) in [5.41, 5.74) is 3.15. The molecule has 4 rings (SSSR count). The van der Waals surface area contributed by atoms with Crippen LogP contribution in [-0.2, 0) is 4.79 Å². The van der Waals surface area contributed by atoms with E-state index in [2.05, 4.69) is 20.1 Å². The molecule has 134 valence electrons. The van der Waals surface area contributed by atoms with E-state index in [1.807, 2.05) is 20.2 Å². The molecule has 0 spiro atoms. The predicted molar refractivity (Wildman–Crippen MR) is 97.4 cm³/mol. The molecule has 0 saturated heterocycles. The fourth-order valence-electron chi connectivity index (χ4n) is 2.60. The zero-order valence-corrected chi connectivity index (χ0v) is 15.5. The molecule has 0 fully saturated rings. The molecule has 1 unspecified atom stereocenters. The van der Waals surface area contributed by atoms with Gasteiger partial charge < -0.3 is 19.3 Å². The molecule has 0 saturated carbocycles. The van der Waals surface area contributed by atoms with Gasteiger partial charge in [0.2, 0.25) is 17.1 Å². The maximum absolute atomic E-state index is 11.1. The number of nitrogens with zero attached hydrogens (tertiary/aromatic N) is 7. The van der Waals surface area contributed by atoms with Crippen LogP contribution in [-0.4, -0.2) is 56.4 Å². The Balaban J connectivity index is 1.75. The molecule has 0 N–H and O–H groups in total. The van der Waals surface area contributed by atoms with E-state index in [4.69, 9.17) is 16.3 Å². The predicted octanol–water partition coefficient (Wildman–Crippen LogP) is 1.86. The van der Waals surface area contributed by atoms with Gasteiger partial charge in [-0.15, -0.1) is 0 Å². The summed E-state index contributed by atoms with van der Waals surface area (Å²) in [5.74, 6) is 0.784. The first-order valence-corrected chi connectivity index (χ1v) is 8.90. The first-order chi connectivity index (χ1) is 12.6. The Bertz CT molecular complexity index is 999. The van der Waals surface area contributed by atoms with Gasteiger partial charge in [0.05, 0.1) is 18.4 Å². The smallest absolute Gasteiger partial charge is 0.226 e. The van der Waals surface area contributed by atoms with Crippen molar-refractivity contribution >= 4 is 46.2 Å². The first kappa shape index (κ1) is 16.7. The lowest BCUT2D eigenvalue weighted by molar-refractivity contribution is -0.110. The van der Waals surface area contributed by atoms with Gasteiger partial charge in [-0.3, -0.25) is 0 Å². The minimum absolute atomic E-state index is 0.145. The topological polar surface area (TPSA) is 88.8 Å². The van der Waals surface area contributed by atoms with Crippen LogP contribution in [0.1, 0.15) is 17.6 Å². The molecule has 26 heavy (non-hydrogen) atoms. The van der Waals surface area contributed by atoms with Crippen LogP contribution in [0.3, 0.4) is 0 Å². The highest BCUT2D eigenvalue weighted by molar-refractivity contribution is 7.14. The van der Waals surface area contributed by atoms with Crippen LogP contribution in [0.25, 0.3) is 11.0 Å². The highest BCUT2D eigenvalue weighted by Gasteiger charge is 2.31. The van der Waals surface area contributed by atoms with Crippen molar-refractivity contribution in [2.24, 2.45) is 0 Å². The number of imidazole rings is 1. The Hall–Kier alpha value is -2.72. The van der Waals surface area contributed by atoms with Crippen molar-refractivity contribution in [2.45, 2.75) is 6.23 Å². The number of aldehydes is 1. The van der Waals surface area contributed by atoms with Crippen LogP contribution in [0.15, 0.2) is 17.9 Å². The molecule has 0 bridgehead atoms. The zero-order valence-electron chi connectivity index (χ0n) is 13.9. The van der Waals surface area contributed by atoms with Gasteiger partial charge in [-0.2, -0.15) is 10.1 Å². The van der Waals surface area contributed by atoms with E-state index in [9.17, 15) is 4.79 Å². The summed E-state index contributed by atoms with van der Waals surface area (Å²) in [6.07, 6.45) is 5.28. The highest BCUT2D eigenvalue weighted by Crippen LogP contribution is 2.35. The molecule has 0 aromatic carbocycles. The normalized spacial score (nSPS) is 16.0. The van der Waals surface area contributed by atoms with Gasteiger partial charge in [0.1, 0.15) is 17.5 Å². The molecule has 3 aromatic rings. The number of aromatic nitrogens is 5. The van der Waals surface area contributed by atoms with Gasteiger partial charge >= 0.3 is 0 Å². The maximum Gasteiger partial charge on any atom is 0.226 e. The Morgan fingerprint density at radius 3 is 3.00 bits per heavy atom. The van der Waals surface area contributed by atoms with Crippen molar-refractivity contribution in [3.8, 4) is 5.75 Å². The summed E-state index contributed by atoms with van der Waals surface area (Å²) >= 11 is 7.69. The standard InChI is InChI=1S/C15H14ClN7O2S/c1-21(2)14-17-7-10(12(16)20-14)25-13-11-9(3-4-22(13)5-6-24)19-15-23(11)18-8-26-15/h3-4,6-8,13H,5H2,1-2H3. The quantitative estimate of drug-likeness (QED) is 0.481. The molecule has 1 aliphatic rings. The lowest BCUT2D eigenvalue weighted by Crippen LogP contribution is -2.33. The van der Waals surface area contributed by atoms with E-state index in [-0.39, 0.29) is 11.7 Å². The fraction of sp³-hybridized carbons (Fsp3) is 0.267. The van der Waals surface area contributed by atoms with Gasteiger partial charge in [-0.25, -0.2) is 14.5 Å². The Morgan fingerprint density at radius 1 is 1.42 bits per heavy atom. The second-order valence-electron chi connectivity index (χ2n) is 5.68. The Morgan fingerprint density at radius 2 is 2.27 bits per heavy atom. The van der Waals surface area contributed by atoms with E-state index in [1.165, 1.54) is 17.5 Å². The lowest BCUT2D eigenvalue weighted by Gasteiger charge is -2.31. The molecule has 9 nitrogen and oxygen atoms in total. The average molecular weight is 392 g/mol. The van der Waals surface area contributed by atoms with E-state index in [0.29, 0.717) is 11.7 Å². The van der Waals surface area contributed by atoms with E-state index in [0.717, 1.165) is 22.6 Å². The van der Waals surface area contributed by atoms with E-state index in [1.54, 1.807) is 26.0 Å². The second kappa shape index (κ2) is 6.54. The van der Waals surface area contributed by atoms with Crippen molar-refractivity contribution in [1.82, 2.24) is 29.5 Å². The first-order valence-electron chi connectivity index (χ1n) is 7.64. The van der Waals surface area contributed by atoms with Crippen LogP contribution in [0.2, 0.25) is 5.15 Å². The molecular weight excluding hydrogens is 378 g/mol. The number of fused-ring (bicyclic) bond motifs is 3. The zero-order chi connectivity index (χ0) is 18.3. The van der Waals surface area contributed by atoms with Crippen molar-refractivity contribution in [3.05, 3.63) is 34.4 Å². The van der Waals surface area contributed by atoms with E-state index < -0.39 is 6.23 Å². The molecule has 3 aromatic heterocycles. The number of anilines is 1. The summed E-state index contributed by atoms with van der Waals surface area (Å²) in [4.78, 5) is 28.3. The number of rotatable bonds is 5. The third-order valence-corrected chi connectivity index (χ3v) is 4.74. The van der Waals surface area contributed by atoms with Gasteiger partial charge in [-0.1, -0.05) is 22.9 Å². The van der Waals surface area contributed by atoms with Crippen LogP contribution in [0.4, 0.5) is 5.95 Å². The fourth-order valence-corrected chi connectivity index (χ4v) is 3.40. The number of halogens is 1. The third kappa shape index (κ3) is 2.76. The molecule has 4 heterocycles. The number of hydrogen-bond acceptors (Lipinski definition) is 9. The largest absolute Gasteiger partial charge is 0.460 e. The number of ether oxygens (including phenoxy) is 1. The van der Waals surface area contributed by atoms with Crippen LogP contribution in [0, 0.1) is 0 Å². The summed E-state index contributed by atoms with van der Waals surface area (Å²) in [7, 11) is 3.64. The molecule has 1 aliphatic heterocycles. The average Bonchev–Trinajstić information content (AvgIpc) is 3.19. The van der Waals surface area contributed by atoms with Crippen molar-refractivity contribution in [2.75, 3.05) is 25.5 Å². The molecular formula is C15H14ClN7O2S. The number of hydrogen-bond donors (Lipinski definition) is 0. The van der Waals surface area contributed by atoms with Crippen LogP contribution in [0.5, 0.6) is 5.75 Å². The molecule has 11 heteroatoms. The molecule has 0 amide bonds. The highest BCUT2D eigenvalue weighted by atomic mass is 35.5.